The summed E-state index contributed by atoms with van der Waals surface area (Å²) in [7, 11) is 0. The smallest absolute Gasteiger partial charge is 0.306 e. The fourth-order valence-corrected chi connectivity index (χ4v) is 2.60. The number of hydrogen-bond acceptors (Lipinski definition) is 4. The number of urea groups is 1. The Morgan fingerprint density at radius 2 is 1.86 bits per heavy atom. The summed E-state index contributed by atoms with van der Waals surface area (Å²) >= 11 is 5.92. The number of halogens is 4. The number of imidazole rings is 1. The molecule has 2 aromatic carbocycles. The van der Waals surface area contributed by atoms with Gasteiger partial charge in [0.2, 0.25) is 0 Å². The van der Waals surface area contributed by atoms with Crippen molar-refractivity contribution >= 4 is 34.7 Å². The first-order chi connectivity index (χ1) is 13.6. The molecule has 150 valence electrons. The number of anilines is 2. The van der Waals surface area contributed by atoms with Gasteiger partial charge in [0.1, 0.15) is 0 Å². The molecule has 12 heteroatoms. The molecule has 0 aliphatic rings. The highest BCUT2D eigenvalue weighted by Gasteiger charge is 2.31. The van der Waals surface area contributed by atoms with Crippen LogP contribution in [0, 0.1) is 10.1 Å². The van der Waals surface area contributed by atoms with E-state index in [9.17, 15) is 28.1 Å². The van der Waals surface area contributed by atoms with Gasteiger partial charge in [0.05, 0.1) is 38.9 Å². The summed E-state index contributed by atoms with van der Waals surface area (Å²) in [6.45, 7) is 0. The standard InChI is InChI=1S/C17H11ClF3N5O3/c18-12-3-2-11(26(28)29)8-13(12)23-16(27)24-14-7-10(17(19,20)21)1-4-15(14)25-6-5-22-9-25/h1-9H,(H2,23,24,27). The molecule has 0 fully saturated rings. The number of nitrogens with one attached hydrogen (secondary N) is 2. The van der Waals surface area contributed by atoms with Crippen LogP contribution in [0.15, 0.2) is 55.1 Å². The lowest BCUT2D eigenvalue weighted by Gasteiger charge is -2.16. The molecular formula is C17H11ClF3N5O3. The van der Waals surface area contributed by atoms with Crippen molar-refractivity contribution in [3.63, 3.8) is 0 Å². The van der Waals surface area contributed by atoms with E-state index in [-0.39, 0.29) is 27.8 Å². The van der Waals surface area contributed by atoms with Crippen molar-refractivity contribution in [2.45, 2.75) is 6.18 Å². The van der Waals surface area contributed by atoms with E-state index in [2.05, 4.69) is 15.6 Å². The molecule has 0 saturated carbocycles. The van der Waals surface area contributed by atoms with Crippen molar-refractivity contribution in [3.8, 4) is 5.69 Å². The summed E-state index contributed by atoms with van der Waals surface area (Å²) in [5, 5.41) is 15.5. The van der Waals surface area contributed by atoms with E-state index >= 15 is 0 Å². The van der Waals surface area contributed by atoms with E-state index < -0.39 is 22.7 Å². The summed E-state index contributed by atoms with van der Waals surface area (Å²) in [5.74, 6) is 0. The third-order valence-electron chi connectivity index (χ3n) is 3.76. The lowest BCUT2D eigenvalue weighted by molar-refractivity contribution is -0.384. The number of carbonyl (C=O) groups is 1. The number of nitrogens with zero attached hydrogens (tertiary/aromatic N) is 3. The zero-order valence-corrected chi connectivity index (χ0v) is 15.0. The van der Waals surface area contributed by atoms with Crippen LogP contribution in [-0.4, -0.2) is 20.5 Å². The normalized spacial score (nSPS) is 11.2. The molecule has 0 radical (unpaired) electrons. The zero-order valence-electron chi connectivity index (χ0n) is 14.3. The van der Waals surface area contributed by atoms with Crippen LogP contribution in [0.4, 0.5) is 35.0 Å². The SMILES string of the molecule is O=C(Nc1cc([N+](=O)[O-])ccc1Cl)Nc1cc(C(F)(F)F)ccc1-n1ccnc1. The van der Waals surface area contributed by atoms with Gasteiger partial charge in [0.25, 0.3) is 5.69 Å². The number of carbonyl (C=O) groups excluding carboxylic acids is 1. The van der Waals surface area contributed by atoms with Gasteiger partial charge in [-0.1, -0.05) is 11.6 Å². The van der Waals surface area contributed by atoms with Gasteiger partial charge in [-0.25, -0.2) is 9.78 Å². The fraction of sp³-hybridized carbons (Fsp3) is 0.0588. The third-order valence-corrected chi connectivity index (χ3v) is 4.09. The number of nitro benzene ring substituents is 1. The Bertz CT molecular complexity index is 1070. The second-order valence-electron chi connectivity index (χ2n) is 5.70. The first kappa shape index (κ1) is 20.1. The van der Waals surface area contributed by atoms with Crippen molar-refractivity contribution < 1.29 is 22.9 Å². The molecular weight excluding hydrogens is 415 g/mol. The molecule has 3 rings (SSSR count). The lowest BCUT2D eigenvalue weighted by atomic mass is 10.1. The molecule has 0 bridgehead atoms. The van der Waals surface area contributed by atoms with E-state index in [0.717, 1.165) is 24.3 Å². The van der Waals surface area contributed by atoms with Crippen LogP contribution in [0.1, 0.15) is 5.56 Å². The monoisotopic (exact) mass is 425 g/mol. The van der Waals surface area contributed by atoms with E-state index in [0.29, 0.717) is 0 Å². The summed E-state index contributed by atoms with van der Waals surface area (Å²) in [5.41, 5.74) is -1.28. The molecule has 0 unspecified atom stereocenters. The van der Waals surface area contributed by atoms with E-state index in [1.54, 1.807) is 0 Å². The van der Waals surface area contributed by atoms with Crippen molar-refractivity contribution in [3.05, 3.63) is 75.8 Å². The molecule has 0 saturated heterocycles. The van der Waals surface area contributed by atoms with Gasteiger partial charge in [-0.2, -0.15) is 13.2 Å². The van der Waals surface area contributed by atoms with Crippen LogP contribution in [0.25, 0.3) is 5.69 Å². The predicted octanol–water partition coefficient (Wildman–Crippen LogP) is 5.10. The van der Waals surface area contributed by atoms with Gasteiger partial charge in [0.15, 0.2) is 0 Å². The molecule has 0 atom stereocenters. The number of alkyl halides is 3. The van der Waals surface area contributed by atoms with E-state index in [1.807, 2.05) is 0 Å². The number of hydrogen-bond donors (Lipinski definition) is 2. The lowest BCUT2D eigenvalue weighted by Crippen LogP contribution is -2.21. The number of amides is 2. The van der Waals surface area contributed by atoms with E-state index in [4.69, 9.17) is 11.6 Å². The van der Waals surface area contributed by atoms with Crippen LogP contribution in [0.5, 0.6) is 0 Å². The Hall–Kier alpha value is -3.60. The molecule has 8 nitrogen and oxygen atoms in total. The van der Waals surface area contributed by atoms with Gasteiger partial charge in [0, 0.05) is 24.5 Å². The first-order valence-corrected chi connectivity index (χ1v) is 8.24. The number of nitro groups is 1. The van der Waals surface area contributed by atoms with Gasteiger partial charge < -0.3 is 15.2 Å². The highest BCUT2D eigenvalue weighted by atomic mass is 35.5. The molecule has 0 aliphatic carbocycles. The Morgan fingerprint density at radius 3 is 2.48 bits per heavy atom. The minimum Gasteiger partial charge on any atom is -0.306 e. The fourth-order valence-electron chi connectivity index (χ4n) is 2.44. The van der Waals surface area contributed by atoms with Crippen LogP contribution in [-0.2, 0) is 6.18 Å². The maximum absolute atomic E-state index is 13.1. The zero-order chi connectivity index (χ0) is 21.2. The van der Waals surface area contributed by atoms with Gasteiger partial charge in [-0.05, 0) is 24.3 Å². The summed E-state index contributed by atoms with van der Waals surface area (Å²) < 4.78 is 40.6. The van der Waals surface area contributed by atoms with Crippen molar-refractivity contribution in [1.82, 2.24) is 9.55 Å². The molecule has 0 spiro atoms. The maximum Gasteiger partial charge on any atom is 0.416 e. The molecule has 0 aliphatic heterocycles. The Balaban J connectivity index is 1.91. The van der Waals surface area contributed by atoms with Gasteiger partial charge >= 0.3 is 12.2 Å². The number of rotatable bonds is 4. The van der Waals surface area contributed by atoms with Crippen LogP contribution < -0.4 is 10.6 Å². The first-order valence-electron chi connectivity index (χ1n) is 7.86. The number of benzene rings is 2. The summed E-state index contributed by atoms with van der Waals surface area (Å²) in [4.78, 5) is 26.4. The molecule has 2 amide bonds. The predicted molar refractivity (Wildman–Crippen MR) is 99.3 cm³/mol. The van der Waals surface area contributed by atoms with Gasteiger partial charge in [-0.15, -0.1) is 0 Å². The summed E-state index contributed by atoms with van der Waals surface area (Å²) in [6, 6.07) is 5.28. The minimum atomic E-state index is -4.62. The number of non-ortho nitro benzene ring substituents is 1. The molecule has 1 heterocycles. The maximum atomic E-state index is 13.1. The third kappa shape index (κ3) is 4.63. The minimum absolute atomic E-state index is 0.0182. The Labute approximate surface area is 166 Å². The second kappa shape index (κ2) is 7.80. The average Bonchev–Trinajstić information content (AvgIpc) is 3.17. The Kier molecular flexibility index (Phi) is 5.41. The van der Waals surface area contributed by atoms with Crippen LogP contribution in [0.2, 0.25) is 5.02 Å². The largest absolute Gasteiger partial charge is 0.416 e. The average molecular weight is 426 g/mol. The van der Waals surface area contributed by atoms with Crippen LogP contribution in [0.3, 0.4) is 0 Å². The van der Waals surface area contributed by atoms with E-state index in [1.165, 1.54) is 35.4 Å². The molecule has 2 N–H and O–H groups in total. The molecule has 29 heavy (non-hydrogen) atoms. The Morgan fingerprint density at radius 1 is 1.14 bits per heavy atom. The van der Waals surface area contributed by atoms with Crippen LogP contribution >= 0.6 is 11.6 Å². The highest BCUT2D eigenvalue weighted by Crippen LogP contribution is 2.34. The second-order valence-corrected chi connectivity index (χ2v) is 6.11. The molecule has 3 aromatic rings. The van der Waals surface area contributed by atoms with Gasteiger partial charge in [-0.3, -0.25) is 10.1 Å². The quantitative estimate of drug-likeness (QED) is 0.448. The highest BCUT2D eigenvalue weighted by molar-refractivity contribution is 6.33. The van der Waals surface area contributed by atoms with Crippen molar-refractivity contribution in [1.29, 1.82) is 0 Å². The number of aromatic nitrogens is 2. The topological polar surface area (TPSA) is 102 Å². The van der Waals surface area contributed by atoms with Crippen molar-refractivity contribution in [2.75, 3.05) is 10.6 Å². The summed E-state index contributed by atoms with van der Waals surface area (Å²) in [6.07, 6.45) is -0.361. The van der Waals surface area contributed by atoms with Crippen molar-refractivity contribution in [2.24, 2.45) is 0 Å². The molecule has 1 aromatic heterocycles.